The van der Waals surface area contributed by atoms with Gasteiger partial charge in [-0.3, -0.25) is 0 Å². The van der Waals surface area contributed by atoms with Crippen molar-refractivity contribution >= 4 is 0 Å². The minimum absolute atomic E-state index is 0.114. The van der Waals surface area contributed by atoms with Crippen LogP contribution < -0.4 is 5.73 Å². The molecule has 2 heterocycles. The average molecular weight is 238 g/mol. The minimum atomic E-state index is -0.415. The number of hydrogen-bond acceptors (Lipinski definition) is 7. The molecule has 1 unspecified atom stereocenters. The van der Waals surface area contributed by atoms with E-state index in [9.17, 15) is 0 Å². The van der Waals surface area contributed by atoms with Gasteiger partial charge in [-0.15, -0.1) is 0 Å². The first kappa shape index (κ1) is 11.7. The Morgan fingerprint density at radius 1 is 1.53 bits per heavy atom. The van der Waals surface area contributed by atoms with E-state index < -0.39 is 6.04 Å². The van der Waals surface area contributed by atoms with Crippen LogP contribution in [0.1, 0.15) is 25.7 Å². The number of H-pyrrole nitrogens is 1. The summed E-state index contributed by atoms with van der Waals surface area (Å²) in [6.45, 7) is 4.21. The van der Waals surface area contributed by atoms with Gasteiger partial charge < -0.3 is 15.0 Å². The van der Waals surface area contributed by atoms with E-state index in [4.69, 9.17) is 15.0 Å². The van der Waals surface area contributed by atoms with Crippen molar-refractivity contribution in [1.82, 2.24) is 25.6 Å². The van der Waals surface area contributed by atoms with Crippen LogP contribution in [0.15, 0.2) is 10.7 Å². The molecule has 2 rings (SSSR count). The first-order chi connectivity index (χ1) is 8.16. The summed E-state index contributed by atoms with van der Waals surface area (Å²) >= 11 is 0. The molecule has 2 aromatic rings. The Labute approximate surface area is 97.5 Å². The van der Waals surface area contributed by atoms with E-state index in [2.05, 4.69) is 25.6 Å². The van der Waals surface area contributed by atoms with Gasteiger partial charge in [-0.1, -0.05) is 5.16 Å². The van der Waals surface area contributed by atoms with Crippen LogP contribution in [0.3, 0.4) is 0 Å². The fraction of sp³-hybridized carbons (Fsp3) is 0.556. The van der Waals surface area contributed by atoms with Crippen molar-refractivity contribution in [2.75, 3.05) is 6.61 Å². The molecule has 0 aromatic carbocycles. The second kappa shape index (κ2) is 5.02. The van der Waals surface area contributed by atoms with E-state index in [0.717, 1.165) is 0 Å². The molecule has 0 radical (unpaired) electrons. The van der Waals surface area contributed by atoms with Gasteiger partial charge in [0.05, 0.1) is 24.9 Å². The highest BCUT2D eigenvalue weighted by atomic mass is 16.5. The van der Waals surface area contributed by atoms with Crippen molar-refractivity contribution in [3.05, 3.63) is 12.0 Å². The minimum Gasteiger partial charge on any atom is -0.377 e. The maximum Gasteiger partial charge on any atom is 0.280 e. The van der Waals surface area contributed by atoms with Crippen molar-refractivity contribution in [1.29, 1.82) is 0 Å². The molecule has 0 aliphatic heterocycles. The van der Waals surface area contributed by atoms with Gasteiger partial charge in [0, 0.05) is 0 Å². The molecule has 0 aliphatic carbocycles. The van der Waals surface area contributed by atoms with Crippen molar-refractivity contribution in [2.24, 2.45) is 5.73 Å². The predicted molar refractivity (Wildman–Crippen MR) is 57.7 cm³/mol. The fourth-order valence-electron chi connectivity index (χ4n) is 1.16. The average Bonchev–Trinajstić information content (AvgIpc) is 2.94. The Hall–Kier alpha value is -1.80. The van der Waals surface area contributed by atoms with Crippen LogP contribution in [0.4, 0.5) is 0 Å². The maximum atomic E-state index is 5.86. The zero-order valence-electron chi connectivity index (χ0n) is 9.62. The standard InChI is InChI=1S/C9H14N6O2/c1-5(2)16-4-6(10)8-12-9(17-14-8)7-3-11-15-13-7/h3,5-6H,4,10H2,1-2H3,(H,11,13,15). The van der Waals surface area contributed by atoms with Crippen LogP contribution in [0.2, 0.25) is 0 Å². The molecule has 8 nitrogen and oxygen atoms in total. The normalized spacial score (nSPS) is 13.2. The Balaban J connectivity index is 2.03. The number of nitrogens with one attached hydrogen (secondary N) is 1. The van der Waals surface area contributed by atoms with Gasteiger partial charge in [-0.2, -0.15) is 20.4 Å². The molecule has 8 heteroatoms. The molecule has 17 heavy (non-hydrogen) atoms. The summed E-state index contributed by atoms with van der Waals surface area (Å²) in [5, 5.41) is 13.7. The lowest BCUT2D eigenvalue weighted by molar-refractivity contribution is 0.0665. The summed E-state index contributed by atoms with van der Waals surface area (Å²) in [5.41, 5.74) is 6.34. The molecular weight excluding hydrogens is 224 g/mol. The van der Waals surface area contributed by atoms with Crippen molar-refractivity contribution in [3.8, 4) is 11.6 Å². The van der Waals surface area contributed by atoms with Gasteiger partial charge in [0.1, 0.15) is 0 Å². The zero-order chi connectivity index (χ0) is 12.3. The molecule has 3 N–H and O–H groups in total. The molecule has 92 valence electrons. The lowest BCUT2D eigenvalue weighted by atomic mass is 10.3. The number of nitrogens with zero attached hydrogens (tertiary/aromatic N) is 4. The van der Waals surface area contributed by atoms with Gasteiger partial charge in [0.2, 0.25) is 0 Å². The van der Waals surface area contributed by atoms with Crippen molar-refractivity contribution in [2.45, 2.75) is 26.0 Å². The van der Waals surface area contributed by atoms with Crippen LogP contribution in [0.5, 0.6) is 0 Å². The first-order valence-electron chi connectivity index (χ1n) is 5.23. The number of ether oxygens (including phenoxy) is 1. The monoisotopic (exact) mass is 238 g/mol. The Morgan fingerprint density at radius 2 is 2.35 bits per heavy atom. The van der Waals surface area contributed by atoms with E-state index in [1.807, 2.05) is 13.8 Å². The SMILES string of the molecule is CC(C)OCC(N)c1noc(-c2cn[nH]n2)n1. The maximum absolute atomic E-state index is 5.86. The van der Waals surface area contributed by atoms with E-state index in [-0.39, 0.29) is 12.0 Å². The summed E-state index contributed by atoms with van der Waals surface area (Å²) in [5.74, 6) is 0.678. The third-order valence-corrected chi connectivity index (χ3v) is 2.02. The van der Waals surface area contributed by atoms with Crippen LogP contribution in [0, 0.1) is 0 Å². The Kier molecular flexibility index (Phi) is 3.45. The smallest absolute Gasteiger partial charge is 0.280 e. The predicted octanol–water partition coefficient (Wildman–Crippen LogP) is 0.280. The number of hydrogen-bond donors (Lipinski definition) is 2. The molecule has 0 saturated carbocycles. The summed E-state index contributed by atoms with van der Waals surface area (Å²) in [7, 11) is 0. The van der Waals surface area contributed by atoms with E-state index in [1.54, 1.807) is 0 Å². The second-order valence-electron chi connectivity index (χ2n) is 3.80. The van der Waals surface area contributed by atoms with Crippen LogP contribution in [-0.4, -0.2) is 38.3 Å². The highest BCUT2D eigenvalue weighted by molar-refractivity contribution is 5.42. The topological polar surface area (TPSA) is 116 Å². The highest BCUT2D eigenvalue weighted by Crippen LogP contribution is 2.15. The molecule has 0 saturated heterocycles. The summed E-state index contributed by atoms with van der Waals surface area (Å²) in [4.78, 5) is 4.13. The number of aromatic nitrogens is 5. The van der Waals surface area contributed by atoms with Crippen LogP contribution >= 0.6 is 0 Å². The third kappa shape index (κ3) is 2.86. The summed E-state index contributed by atoms with van der Waals surface area (Å²) in [6.07, 6.45) is 1.61. The highest BCUT2D eigenvalue weighted by Gasteiger charge is 2.17. The summed E-state index contributed by atoms with van der Waals surface area (Å²) < 4.78 is 10.4. The Bertz CT molecular complexity index is 452. The zero-order valence-corrected chi connectivity index (χ0v) is 9.62. The van der Waals surface area contributed by atoms with Gasteiger partial charge in [-0.05, 0) is 13.8 Å². The second-order valence-corrected chi connectivity index (χ2v) is 3.80. The molecule has 0 amide bonds. The van der Waals surface area contributed by atoms with Crippen LogP contribution in [0.25, 0.3) is 11.6 Å². The van der Waals surface area contributed by atoms with Crippen LogP contribution in [-0.2, 0) is 4.74 Å². The number of rotatable bonds is 5. The Morgan fingerprint density at radius 3 is 3.00 bits per heavy atom. The van der Waals surface area contributed by atoms with Gasteiger partial charge >= 0.3 is 0 Å². The molecule has 0 spiro atoms. The third-order valence-electron chi connectivity index (χ3n) is 2.02. The quantitative estimate of drug-likeness (QED) is 0.768. The lowest BCUT2D eigenvalue weighted by Crippen LogP contribution is -2.20. The molecule has 0 aliphatic rings. The number of aromatic amines is 1. The molecule has 2 aromatic heterocycles. The number of nitrogens with two attached hydrogens (primary N) is 1. The molecule has 1 atom stereocenters. The molecule has 0 fully saturated rings. The van der Waals surface area contributed by atoms with Crippen molar-refractivity contribution < 1.29 is 9.26 Å². The molecular formula is C9H14N6O2. The van der Waals surface area contributed by atoms with Gasteiger partial charge in [-0.25, -0.2) is 0 Å². The lowest BCUT2D eigenvalue weighted by Gasteiger charge is -2.10. The van der Waals surface area contributed by atoms with Gasteiger partial charge in [0.15, 0.2) is 11.5 Å². The van der Waals surface area contributed by atoms with E-state index >= 15 is 0 Å². The molecule has 0 bridgehead atoms. The van der Waals surface area contributed by atoms with E-state index in [1.165, 1.54) is 6.20 Å². The van der Waals surface area contributed by atoms with E-state index in [0.29, 0.717) is 18.1 Å². The summed E-state index contributed by atoms with van der Waals surface area (Å²) in [6, 6.07) is -0.415. The fourth-order valence-corrected chi connectivity index (χ4v) is 1.16. The first-order valence-corrected chi connectivity index (χ1v) is 5.23. The van der Waals surface area contributed by atoms with Crippen molar-refractivity contribution in [3.63, 3.8) is 0 Å². The largest absolute Gasteiger partial charge is 0.377 e. The van der Waals surface area contributed by atoms with Gasteiger partial charge in [0.25, 0.3) is 5.89 Å².